The monoisotopic (exact) mass is 150 g/mol. The van der Waals surface area contributed by atoms with Crippen molar-refractivity contribution in [1.82, 2.24) is 0 Å². The van der Waals surface area contributed by atoms with Gasteiger partial charge in [0.2, 0.25) is 0 Å². The molecular formula is C5H11O3P. The second-order valence-electron chi connectivity index (χ2n) is 1.76. The molecule has 0 bridgehead atoms. The van der Waals surface area contributed by atoms with Crippen molar-refractivity contribution in [2.75, 3.05) is 0 Å². The van der Waals surface area contributed by atoms with Crippen LogP contribution in [0.3, 0.4) is 0 Å². The zero-order valence-corrected chi connectivity index (χ0v) is 6.21. The van der Waals surface area contributed by atoms with Crippen molar-refractivity contribution in [2.45, 2.75) is 19.8 Å². The van der Waals surface area contributed by atoms with E-state index >= 15 is 0 Å². The smallest absolute Gasteiger partial charge is 0.321 e. The van der Waals surface area contributed by atoms with Gasteiger partial charge in [-0.2, -0.15) is 0 Å². The summed E-state index contributed by atoms with van der Waals surface area (Å²) in [6.07, 6.45) is 3.14. The summed E-state index contributed by atoms with van der Waals surface area (Å²) >= 11 is 0. The van der Waals surface area contributed by atoms with Crippen LogP contribution in [0.2, 0.25) is 0 Å². The molecule has 0 aliphatic rings. The van der Waals surface area contributed by atoms with Crippen molar-refractivity contribution in [2.24, 2.45) is 0 Å². The fourth-order valence-electron chi connectivity index (χ4n) is 0.379. The van der Waals surface area contributed by atoms with E-state index in [4.69, 9.17) is 9.79 Å². The van der Waals surface area contributed by atoms with E-state index in [9.17, 15) is 4.57 Å². The molecule has 0 aromatic carbocycles. The normalized spacial score (nSPS) is 12.8. The lowest BCUT2D eigenvalue weighted by atomic mass is 10.3. The van der Waals surface area contributed by atoms with Crippen LogP contribution in [-0.4, -0.2) is 9.79 Å². The molecule has 0 radical (unpaired) electrons. The van der Waals surface area contributed by atoms with Crippen LogP contribution in [0.5, 0.6) is 0 Å². The predicted molar refractivity (Wildman–Crippen MR) is 36.1 cm³/mol. The van der Waals surface area contributed by atoms with Crippen LogP contribution < -0.4 is 0 Å². The van der Waals surface area contributed by atoms with Gasteiger partial charge >= 0.3 is 7.60 Å². The Morgan fingerprint density at radius 1 is 1.56 bits per heavy atom. The van der Waals surface area contributed by atoms with Gasteiger partial charge in [-0.3, -0.25) is 4.57 Å². The Morgan fingerprint density at radius 3 is 2.44 bits per heavy atom. The molecule has 54 valence electrons. The summed E-state index contributed by atoms with van der Waals surface area (Å²) in [5, 5.41) is 0. The molecule has 0 amide bonds. The Kier molecular flexibility index (Phi) is 3.78. The molecule has 0 aliphatic carbocycles. The van der Waals surface area contributed by atoms with Crippen molar-refractivity contribution in [1.29, 1.82) is 0 Å². The zero-order valence-electron chi connectivity index (χ0n) is 5.32. The predicted octanol–water partition coefficient (Wildman–Crippen LogP) is 1.48. The molecular weight excluding hydrogens is 139 g/mol. The van der Waals surface area contributed by atoms with E-state index in [1.165, 1.54) is 6.08 Å². The molecule has 0 unspecified atom stereocenters. The molecule has 3 nitrogen and oxygen atoms in total. The fourth-order valence-corrected chi connectivity index (χ4v) is 0.802. The number of hydrogen-bond acceptors (Lipinski definition) is 1. The summed E-state index contributed by atoms with van der Waals surface area (Å²) in [5.74, 6) is 0.941. The molecule has 4 heteroatoms. The summed E-state index contributed by atoms with van der Waals surface area (Å²) in [6.45, 7) is 1.95. The quantitative estimate of drug-likeness (QED) is 0.599. The van der Waals surface area contributed by atoms with Crippen molar-refractivity contribution >= 4 is 7.60 Å². The van der Waals surface area contributed by atoms with Crippen molar-refractivity contribution in [3.8, 4) is 0 Å². The number of hydrogen-bond donors (Lipinski definition) is 2. The van der Waals surface area contributed by atoms with Crippen LogP contribution in [-0.2, 0) is 4.57 Å². The Bertz CT molecular complexity index is 135. The lowest BCUT2D eigenvalue weighted by Crippen LogP contribution is -1.68. The van der Waals surface area contributed by atoms with Gasteiger partial charge in [0.05, 0.1) is 0 Å². The van der Waals surface area contributed by atoms with Crippen molar-refractivity contribution in [3.05, 3.63) is 11.9 Å². The van der Waals surface area contributed by atoms with Crippen LogP contribution in [0.1, 0.15) is 19.8 Å². The third kappa shape index (κ3) is 7.89. The first-order valence-corrected chi connectivity index (χ1v) is 4.47. The first-order chi connectivity index (χ1) is 4.06. The van der Waals surface area contributed by atoms with Gasteiger partial charge in [0.25, 0.3) is 0 Å². The van der Waals surface area contributed by atoms with Gasteiger partial charge in [0.1, 0.15) is 0 Å². The van der Waals surface area contributed by atoms with E-state index in [0.29, 0.717) is 0 Å². The van der Waals surface area contributed by atoms with Crippen LogP contribution >= 0.6 is 7.60 Å². The minimum Gasteiger partial charge on any atom is -0.321 e. The SMILES string of the molecule is CCC/C=C/P(=O)(O)O. The third-order valence-corrected chi connectivity index (χ3v) is 1.35. The number of allylic oxidation sites excluding steroid dienone is 1. The summed E-state index contributed by atoms with van der Waals surface area (Å²) in [5.41, 5.74) is 0. The van der Waals surface area contributed by atoms with Crippen LogP contribution in [0.4, 0.5) is 0 Å². The van der Waals surface area contributed by atoms with Crippen LogP contribution in [0.15, 0.2) is 11.9 Å². The van der Waals surface area contributed by atoms with Crippen LogP contribution in [0, 0.1) is 0 Å². The van der Waals surface area contributed by atoms with Crippen molar-refractivity contribution in [3.63, 3.8) is 0 Å². The topological polar surface area (TPSA) is 57.5 Å². The van der Waals surface area contributed by atoms with E-state index in [1.54, 1.807) is 0 Å². The molecule has 0 atom stereocenters. The first-order valence-electron chi connectivity index (χ1n) is 2.79. The summed E-state index contributed by atoms with van der Waals surface area (Å²) in [6, 6.07) is 0. The Balaban J connectivity index is 3.58. The minimum absolute atomic E-state index is 0.727. The molecule has 9 heavy (non-hydrogen) atoms. The van der Waals surface area contributed by atoms with E-state index in [-0.39, 0.29) is 0 Å². The van der Waals surface area contributed by atoms with Crippen LogP contribution in [0.25, 0.3) is 0 Å². The fraction of sp³-hybridized carbons (Fsp3) is 0.600. The maximum absolute atomic E-state index is 10.1. The van der Waals surface area contributed by atoms with Gasteiger partial charge in [-0.25, -0.2) is 0 Å². The van der Waals surface area contributed by atoms with Gasteiger partial charge in [-0.1, -0.05) is 19.4 Å². The molecule has 0 rings (SSSR count). The standard InChI is InChI=1S/C5H11O3P/c1-2-3-4-5-9(6,7)8/h4-5H,2-3H2,1H3,(H2,6,7,8)/b5-4+. The molecule has 0 fully saturated rings. The molecule has 0 aromatic rings. The maximum atomic E-state index is 10.1. The second-order valence-corrected chi connectivity index (χ2v) is 3.24. The highest BCUT2D eigenvalue weighted by Gasteiger charge is 2.03. The molecule has 0 heterocycles. The number of unbranched alkanes of at least 4 members (excludes halogenated alkanes) is 1. The van der Waals surface area contributed by atoms with E-state index in [0.717, 1.165) is 18.7 Å². The molecule has 0 aromatic heterocycles. The third-order valence-electron chi connectivity index (χ3n) is 0.755. The van der Waals surface area contributed by atoms with Gasteiger partial charge in [0.15, 0.2) is 0 Å². The first kappa shape index (κ1) is 8.89. The van der Waals surface area contributed by atoms with Gasteiger partial charge in [-0.15, -0.1) is 0 Å². The highest BCUT2D eigenvalue weighted by molar-refractivity contribution is 7.55. The van der Waals surface area contributed by atoms with E-state index < -0.39 is 7.60 Å². The van der Waals surface area contributed by atoms with E-state index in [2.05, 4.69) is 0 Å². The lowest BCUT2D eigenvalue weighted by molar-refractivity contribution is 0.386. The average Bonchev–Trinajstić information content (AvgIpc) is 1.63. The van der Waals surface area contributed by atoms with Crippen molar-refractivity contribution < 1.29 is 14.4 Å². The average molecular weight is 150 g/mol. The lowest BCUT2D eigenvalue weighted by Gasteiger charge is -1.91. The van der Waals surface area contributed by atoms with Gasteiger partial charge in [0, 0.05) is 5.82 Å². The summed E-state index contributed by atoms with van der Waals surface area (Å²) < 4.78 is 10.1. The Labute approximate surface area is 54.6 Å². The summed E-state index contributed by atoms with van der Waals surface area (Å²) in [4.78, 5) is 16.5. The van der Waals surface area contributed by atoms with Gasteiger partial charge in [-0.05, 0) is 6.42 Å². The second kappa shape index (κ2) is 3.83. The largest absolute Gasteiger partial charge is 0.348 e. The molecule has 0 spiro atoms. The summed E-state index contributed by atoms with van der Waals surface area (Å²) in [7, 11) is -3.88. The number of rotatable bonds is 3. The van der Waals surface area contributed by atoms with Gasteiger partial charge < -0.3 is 9.79 Å². The molecule has 0 saturated carbocycles. The maximum Gasteiger partial charge on any atom is 0.348 e. The zero-order chi connectivity index (χ0) is 7.33. The highest BCUT2D eigenvalue weighted by atomic mass is 31.2. The minimum atomic E-state index is -3.88. The molecule has 0 aliphatic heterocycles. The Hall–Kier alpha value is -0.110. The molecule has 0 saturated heterocycles. The Morgan fingerprint density at radius 2 is 2.11 bits per heavy atom. The highest BCUT2D eigenvalue weighted by Crippen LogP contribution is 2.35. The molecule has 2 N–H and O–H groups in total. The van der Waals surface area contributed by atoms with E-state index in [1.807, 2.05) is 6.92 Å².